The summed E-state index contributed by atoms with van der Waals surface area (Å²) >= 11 is 0. The largest absolute Gasteiger partial charge is 0.375 e. The Balaban J connectivity index is 2.79. The Kier molecular flexibility index (Phi) is 2.31. The lowest BCUT2D eigenvalue weighted by atomic mass is 10.1. The number of carbonyl (C=O) groups is 1. The third-order valence-electron chi connectivity index (χ3n) is 1.54. The third kappa shape index (κ3) is 1.83. The molecule has 11 heavy (non-hydrogen) atoms. The van der Waals surface area contributed by atoms with Crippen LogP contribution in [0.3, 0.4) is 0 Å². The molecule has 0 aliphatic carbocycles. The molecule has 1 atom stereocenters. The molecule has 0 fully saturated rings. The molecule has 3 heteroatoms. The molecule has 0 spiro atoms. The van der Waals surface area contributed by atoms with Crippen molar-refractivity contribution in [2.75, 3.05) is 7.05 Å². The monoisotopic (exact) mass is 152 g/mol. The van der Waals surface area contributed by atoms with Gasteiger partial charge in [0, 0.05) is 18.7 Å². The van der Waals surface area contributed by atoms with Gasteiger partial charge in [0.2, 0.25) is 0 Å². The lowest BCUT2D eigenvalue weighted by molar-refractivity contribution is -0.104. The van der Waals surface area contributed by atoms with E-state index in [1.54, 1.807) is 6.08 Å². The molecule has 60 valence electrons. The number of hydrogen-bond acceptors (Lipinski definition) is 3. The summed E-state index contributed by atoms with van der Waals surface area (Å²) in [5.74, 6) is 0.891. The lowest BCUT2D eigenvalue weighted by Crippen LogP contribution is -2.33. The number of aldehydes is 1. The average Bonchev–Trinajstić information content (AvgIpc) is 2.03. The highest BCUT2D eigenvalue weighted by Crippen LogP contribution is 2.05. The van der Waals surface area contributed by atoms with Crippen molar-refractivity contribution >= 4 is 6.29 Å². The van der Waals surface area contributed by atoms with Crippen LogP contribution in [0, 0.1) is 0 Å². The molecule has 0 aromatic heterocycles. The maximum atomic E-state index is 10.4. The second kappa shape index (κ2) is 3.23. The number of nitrogens with one attached hydrogen (secondary N) is 2. The quantitative estimate of drug-likeness (QED) is 0.554. The zero-order chi connectivity index (χ0) is 8.27. The maximum absolute atomic E-state index is 10.4. The maximum Gasteiger partial charge on any atom is 0.149 e. The second-order valence-corrected chi connectivity index (χ2v) is 2.53. The summed E-state index contributed by atoms with van der Waals surface area (Å²) in [6, 6.07) is 0.225. The molecule has 0 saturated heterocycles. The van der Waals surface area contributed by atoms with Crippen LogP contribution in [0.1, 0.15) is 6.92 Å². The van der Waals surface area contributed by atoms with Gasteiger partial charge in [-0.2, -0.15) is 0 Å². The van der Waals surface area contributed by atoms with E-state index in [1.165, 1.54) is 0 Å². The van der Waals surface area contributed by atoms with Crippen molar-refractivity contribution in [3.63, 3.8) is 0 Å². The summed E-state index contributed by atoms with van der Waals surface area (Å²) in [6.07, 6.45) is 4.52. The standard InChI is InChI=1S/C8H12N2O/c1-6-3-7(5-11)4-8(9-2)10-6/h3-6,9-10H,1-2H3. The van der Waals surface area contributed by atoms with E-state index in [1.807, 2.05) is 20.0 Å². The normalized spacial score (nSPS) is 22.9. The Morgan fingerprint density at radius 1 is 1.73 bits per heavy atom. The fourth-order valence-electron chi connectivity index (χ4n) is 1.05. The van der Waals surface area contributed by atoms with E-state index < -0.39 is 0 Å². The van der Waals surface area contributed by atoms with Gasteiger partial charge >= 0.3 is 0 Å². The van der Waals surface area contributed by atoms with E-state index in [-0.39, 0.29) is 6.04 Å². The van der Waals surface area contributed by atoms with Crippen LogP contribution < -0.4 is 10.6 Å². The van der Waals surface area contributed by atoms with E-state index in [0.29, 0.717) is 0 Å². The highest BCUT2D eigenvalue weighted by molar-refractivity contribution is 5.78. The summed E-state index contributed by atoms with van der Waals surface area (Å²) in [7, 11) is 1.82. The van der Waals surface area contributed by atoms with Gasteiger partial charge in [0.15, 0.2) is 0 Å². The highest BCUT2D eigenvalue weighted by Gasteiger charge is 2.07. The van der Waals surface area contributed by atoms with Crippen molar-refractivity contribution in [1.82, 2.24) is 10.6 Å². The van der Waals surface area contributed by atoms with E-state index in [9.17, 15) is 4.79 Å². The summed E-state index contributed by atoms with van der Waals surface area (Å²) in [6.45, 7) is 1.99. The molecule has 0 bridgehead atoms. The summed E-state index contributed by atoms with van der Waals surface area (Å²) in [5.41, 5.74) is 0.723. The van der Waals surface area contributed by atoms with Gasteiger partial charge < -0.3 is 10.6 Å². The van der Waals surface area contributed by atoms with Gasteiger partial charge in [0.25, 0.3) is 0 Å². The van der Waals surface area contributed by atoms with E-state index in [4.69, 9.17) is 0 Å². The van der Waals surface area contributed by atoms with Crippen LogP contribution in [-0.2, 0) is 4.79 Å². The first-order valence-corrected chi connectivity index (χ1v) is 3.59. The van der Waals surface area contributed by atoms with Gasteiger partial charge in [0.05, 0.1) is 5.82 Å². The average molecular weight is 152 g/mol. The van der Waals surface area contributed by atoms with E-state index in [2.05, 4.69) is 10.6 Å². The van der Waals surface area contributed by atoms with Gasteiger partial charge in [-0.1, -0.05) is 6.08 Å². The van der Waals surface area contributed by atoms with Crippen molar-refractivity contribution in [2.45, 2.75) is 13.0 Å². The van der Waals surface area contributed by atoms with Gasteiger partial charge in [0.1, 0.15) is 6.29 Å². The van der Waals surface area contributed by atoms with Gasteiger partial charge in [-0.3, -0.25) is 4.79 Å². The van der Waals surface area contributed by atoms with Crippen LogP contribution in [0.4, 0.5) is 0 Å². The second-order valence-electron chi connectivity index (χ2n) is 2.53. The van der Waals surface area contributed by atoms with Gasteiger partial charge in [-0.25, -0.2) is 0 Å². The van der Waals surface area contributed by atoms with Crippen LogP contribution in [0.15, 0.2) is 23.5 Å². The molecule has 1 aliphatic heterocycles. The molecule has 0 saturated carbocycles. The van der Waals surface area contributed by atoms with Crippen molar-refractivity contribution in [3.8, 4) is 0 Å². The first-order valence-electron chi connectivity index (χ1n) is 3.59. The molecule has 0 aromatic rings. The van der Waals surface area contributed by atoms with E-state index >= 15 is 0 Å². The lowest BCUT2D eigenvalue weighted by Gasteiger charge is -2.19. The first kappa shape index (κ1) is 7.85. The minimum atomic E-state index is 0.225. The number of hydrogen-bond donors (Lipinski definition) is 2. The summed E-state index contributed by atoms with van der Waals surface area (Å²) in [4.78, 5) is 10.4. The number of allylic oxidation sites excluding steroid dienone is 2. The van der Waals surface area contributed by atoms with Crippen molar-refractivity contribution in [2.24, 2.45) is 0 Å². The van der Waals surface area contributed by atoms with Gasteiger partial charge in [-0.05, 0) is 13.0 Å². The van der Waals surface area contributed by atoms with Gasteiger partial charge in [-0.15, -0.1) is 0 Å². The molecular weight excluding hydrogens is 140 g/mol. The topological polar surface area (TPSA) is 41.1 Å². The fraction of sp³-hybridized carbons (Fsp3) is 0.375. The minimum Gasteiger partial charge on any atom is -0.375 e. The predicted molar refractivity (Wildman–Crippen MR) is 43.9 cm³/mol. The minimum absolute atomic E-state index is 0.225. The molecule has 0 aromatic carbocycles. The highest BCUT2D eigenvalue weighted by atomic mass is 16.1. The Morgan fingerprint density at radius 2 is 2.45 bits per heavy atom. The zero-order valence-corrected chi connectivity index (χ0v) is 6.72. The van der Waals surface area contributed by atoms with E-state index in [0.717, 1.165) is 17.7 Å². The van der Waals surface area contributed by atoms with Crippen LogP contribution in [0.25, 0.3) is 0 Å². The molecule has 3 nitrogen and oxygen atoms in total. The summed E-state index contributed by atoms with van der Waals surface area (Å²) < 4.78 is 0. The molecule has 0 radical (unpaired) electrons. The van der Waals surface area contributed by atoms with Crippen molar-refractivity contribution in [1.29, 1.82) is 0 Å². The predicted octanol–water partition coefficient (Wildman–Crippen LogP) is 0.164. The third-order valence-corrected chi connectivity index (χ3v) is 1.54. The van der Waals surface area contributed by atoms with Crippen molar-refractivity contribution < 1.29 is 4.79 Å². The fourth-order valence-corrected chi connectivity index (χ4v) is 1.05. The van der Waals surface area contributed by atoms with Crippen LogP contribution in [0.5, 0.6) is 0 Å². The number of rotatable bonds is 2. The SMILES string of the molecule is CNC1=CC(C=O)=CC(C)N1. The summed E-state index contributed by atoms with van der Waals surface area (Å²) in [5, 5.41) is 6.09. The van der Waals surface area contributed by atoms with Crippen molar-refractivity contribution in [3.05, 3.63) is 23.5 Å². The van der Waals surface area contributed by atoms with Crippen LogP contribution in [0.2, 0.25) is 0 Å². The Hall–Kier alpha value is -1.25. The van der Waals surface area contributed by atoms with Crippen LogP contribution in [-0.4, -0.2) is 19.4 Å². The molecular formula is C8H12N2O. The molecule has 1 unspecified atom stereocenters. The molecule has 1 heterocycles. The molecule has 2 N–H and O–H groups in total. The Morgan fingerprint density at radius 3 is 3.00 bits per heavy atom. The smallest absolute Gasteiger partial charge is 0.149 e. The molecule has 1 aliphatic rings. The Labute approximate surface area is 66.2 Å². The number of carbonyl (C=O) groups excluding carboxylic acids is 1. The zero-order valence-electron chi connectivity index (χ0n) is 6.72. The van der Waals surface area contributed by atoms with Crippen LogP contribution >= 0.6 is 0 Å². The molecule has 1 rings (SSSR count). The first-order chi connectivity index (χ1) is 5.26. The Bertz CT molecular complexity index is 218. The number of dihydropyridines is 1. The molecule has 0 amide bonds.